The zero-order valence-electron chi connectivity index (χ0n) is 6.19. The van der Waals surface area contributed by atoms with Gasteiger partial charge in [-0.15, -0.1) is 0 Å². The molecule has 11 heavy (non-hydrogen) atoms. The van der Waals surface area contributed by atoms with E-state index in [9.17, 15) is 8.42 Å². The number of nitrogens with zero attached hydrogens (tertiary/aromatic N) is 1. The lowest BCUT2D eigenvalue weighted by Crippen LogP contribution is -2.38. The summed E-state index contributed by atoms with van der Waals surface area (Å²) in [5.74, 6) is 1.89. The summed E-state index contributed by atoms with van der Waals surface area (Å²) in [6.45, 7) is 1.13. The summed E-state index contributed by atoms with van der Waals surface area (Å²) in [7, 11) is -3.43. The zero-order valence-corrected chi connectivity index (χ0v) is 7.83. The largest absolute Gasteiger partial charge is 0.276 e. The number of hydrogen-bond donors (Lipinski definition) is 1. The average Bonchev–Trinajstić information content (AvgIpc) is 2.10. The Bertz CT molecular complexity index is 207. The highest BCUT2D eigenvalue weighted by Gasteiger charge is 2.17. The van der Waals surface area contributed by atoms with E-state index in [1.165, 1.54) is 4.31 Å². The maximum Gasteiger partial charge on any atom is 0.276 e. The normalized spacial score (nSPS) is 23.0. The summed E-state index contributed by atoms with van der Waals surface area (Å²) in [6, 6.07) is 0. The van der Waals surface area contributed by atoms with Crippen LogP contribution in [0.5, 0.6) is 0 Å². The van der Waals surface area contributed by atoms with Crippen LogP contribution in [0.3, 0.4) is 0 Å². The molecule has 0 aromatic rings. The number of thioether (sulfide) groups is 1. The lowest BCUT2D eigenvalue weighted by Gasteiger charge is -2.15. The molecule has 1 saturated heterocycles. The first-order chi connectivity index (χ1) is 5.11. The second kappa shape index (κ2) is 3.75. The van der Waals surface area contributed by atoms with E-state index >= 15 is 0 Å². The molecule has 6 heteroatoms. The molecule has 0 unspecified atom stereocenters. The Balaban J connectivity index is 2.57. The Morgan fingerprint density at radius 1 is 1.27 bits per heavy atom. The molecule has 1 rings (SSSR count). The van der Waals surface area contributed by atoms with Crippen molar-refractivity contribution in [1.82, 2.24) is 4.31 Å². The molecule has 0 spiro atoms. The van der Waals surface area contributed by atoms with Gasteiger partial charge in [-0.25, -0.2) is 5.14 Å². The van der Waals surface area contributed by atoms with Gasteiger partial charge in [0.1, 0.15) is 0 Å². The van der Waals surface area contributed by atoms with Crippen molar-refractivity contribution in [3.05, 3.63) is 0 Å². The molecule has 2 N–H and O–H groups in total. The molecule has 0 bridgehead atoms. The van der Waals surface area contributed by atoms with Crippen LogP contribution in [-0.2, 0) is 10.2 Å². The molecule has 1 aliphatic heterocycles. The smallest absolute Gasteiger partial charge is 0.216 e. The van der Waals surface area contributed by atoms with E-state index in [1.54, 1.807) is 11.8 Å². The third-order valence-corrected chi connectivity index (χ3v) is 3.67. The number of nitrogens with two attached hydrogens (primary N) is 1. The minimum atomic E-state index is -3.43. The quantitative estimate of drug-likeness (QED) is 0.622. The Morgan fingerprint density at radius 3 is 2.64 bits per heavy atom. The Hall–Kier alpha value is 0.220. The molecular weight excluding hydrogens is 184 g/mol. The second-order valence-corrected chi connectivity index (χ2v) is 5.18. The molecule has 1 heterocycles. The van der Waals surface area contributed by atoms with E-state index in [0.29, 0.717) is 13.1 Å². The molecular formula is C5H12N2O2S2. The Kier molecular flexibility index (Phi) is 3.17. The third kappa shape index (κ3) is 2.98. The first-order valence-corrected chi connectivity index (χ1v) is 6.12. The van der Waals surface area contributed by atoms with Gasteiger partial charge >= 0.3 is 0 Å². The summed E-state index contributed by atoms with van der Waals surface area (Å²) in [5, 5.41) is 4.97. The molecule has 66 valence electrons. The zero-order chi connectivity index (χ0) is 8.32. The fourth-order valence-corrected chi connectivity index (χ4v) is 2.71. The van der Waals surface area contributed by atoms with Crippen LogP contribution in [0.25, 0.3) is 0 Å². The second-order valence-electron chi connectivity index (χ2n) is 2.41. The minimum Gasteiger partial charge on any atom is -0.216 e. The van der Waals surface area contributed by atoms with Gasteiger partial charge in [0.2, 0.25) is 0 Å². The van der Waals surface area contributed by atoms with Crippen LogP contribution in [-0.4, -0.2) is 37.3 Å². The molecule has 0 atom stereocenters. The van der Waals surface area contributed by atoms with Crippen molar-refractivity contribution in [3.63, 3.8) is 0 Å². The Labute approximate surface area is 71.3 Å². The van der Waals surface area contributed by atoms with Crippen molar-refractivity contribution in [1.29, 1.82) is 0 Å². The van der Waals surface area contributed by atoms with Crippen LogP contribution < -0.4 is 5.14 Å². The van der Waals surface area contributed by atoms with Crippen molar-refractivity contribution in [2.45, 2.75) is 6.42 Å². The van der Waals surface area contributed by atoms with E-state index in [-0.39, 0.29) is 0 Å². The van der Waals surface area contributed by atoms with Gasteiger partial charge in [-0.05, 0) is 12.2 Å². The van der Waals surface area contributed by atoms with Gasteiger partial charge in [-0.1, -0.05) is 0 Å². The van der Waals surface area contributed by atoms with Crippen LogP contribution in [0.1, 0.15) is 6.42 Å². The minimum absolute atomic E-state index is 0.559. The fourth-order valence-electron chi connectivity index (χ4n) is 0.978. The maximum atomic E-state index is 10.8. The van der Waals surface area contributed by atoms with E-state index in [0.717, 1.165) is 17.9 Å². The molecule has 0 saturated carbocycles. The topological polar surface area (TPSA) is 63.4 Å². The predicted molar refractivity (Wildman–Crippen MR) is 46.6 cm³/mol. The fraction of sp³-hybridized carbons (Fsp3) is 1.00. The van der Waals surface area contributed by atoms with Gasteiger partial charge in [0.15, 0.2) is 0 Å². The van der Waals surface area contributed by atoms with Gasteiger partial charge < -0.3 is 0 Å². The van der Waals surface area contributed by atoms with Crippen molar-refractivity contribution in [2.75, 3.05) is 24.6 Å². The van der Waals surface area contributed by atoms with Crippen molar-refractivity contribution in [2.24, 2.45) is 5.14 Å². The SMILES string of the molecule is NS(=O)(=O)N1CCCSCC1. The standard InChI is InChI=1S/C5H12N2O2S2/c6-11(8,9)7-2-1-4-10-5-3-7/h1-5H2,(H2,6,8,9). The monoisotopic (exact) mass is 196 g/mol. The summed E-state index contributed by atoms with van der Waals surface area (Å²) in [6.07, 6.45) is 0.904. The summed E-state index contributed by atoms with van der Waals surface area (Å²) < 4.78 is 23.0. The summed E-state index contributed by atoms with van der Waals surface area (Å²) in [4.78, 5) is 0. The molecule has 0 amide bonds. The van der Waals surface area contributed by atoms with Crippen LogP contribution >= 0.6 is 11.8 Å². The van der Waals surface area contributed by atoms with Crippen molar-refractivity contribution < 1.29 is 8.42 Å². The van der Waals surface area contributed by atoms with Crippen molar-refractivity contribution >= 4 is 22.0 Å². The highest BCUT2D eigenvalue weighted by Crippen LogP contribution is 2.10. The maximum absolute atomic E-state index is 10.8. The van der Waals surface area contributed by atoms with Crippen molar-refractivity contribution in [3.8, 4) is 0 Å². The molecule has 1 aliphatic rings. The van der Waals surface area contributed by atoms with Crippen LogP contribution in [0.15, 0.2) is 0 Å². The lowest BCUT2D eigenvalue weighted by atomic mass is 10.5. The number of rotatable bonds is 1. The van der Waals surface area contributed by atoms with Crippen LogP contribution in [0, 0.1) is 0 Å². The summed E-state index contributed by atoms with van der Waals surface area (Å²) >= 11 is 1.77. The van der Waals surface area contributed by atoms with E-state index in [4.69, 9.17) is 5.14 Å². The first kappa shape index (κ1) is 9.31. The average molecular weight is 196 g/mol. The van der Waals surface area contributed by atoms with E-state index in [2.05, 4.69) is 0 Å². The van der Waals surface area contributed by atoms with E-state index < -0.39 is 10.2 Å². The third-order valence-electron chi connectivity index (χ3n) is 1.54. The predicted octanol–water partition coefficient (Wildman–Crippen LogP) is -0.371. The van der Waals surface area contributed by atoms with Gasteiger partial charge in [-0.3, -0.25) is 0 Å². The molecule has 1 fully saturated rings. The van der Waals surface area contributed by atoms with Gasteiger partial charge in [-0.2, -0.15) is 24.5 Å². The lowest BCUT2D eigenvalue weighted by molar-refractivity contribution is 0.436. The molecule has 4 nitrogen and oxygen atoms in total. The van der Waals surface area contributed by atoms with Crippen LogP contribution in [0.2, 0.25) is 0 Å². The highest BCUT2D eigenvalue weighted by atomic mass is 32.2. The first-order valence-electron chi connectivity index (χ1n) is 3.46. The Morgan fingerprint density at radius 2 is 2.00 bits per heavy atom. The number of hydrogen-bond acceptors (Lipinski definition) is 3. The van der Waals surface area contributed by atoms with Gasteiger partial charge in [0.25, 0.3) is 10.2 Å². The van der Waals surface area contributed by atoms with E-state index in [1.807, 2.05) is 0 Å². The molecule has 0 aromatic carbocycles. The highest BCUT2D eigenvalue weighted by molar-refractivity contribution is 7.99. The van der Waals surface area contributed by atoms with Crippen LogP contribution in [0.4, 0.5) is 0 Å². The molecule has 0 aliphatic carbocycles. The van der Waals surface area contributed by atoms with Gasteiger partial charge in [0.05, 0.1) is 0 Å². The summed E-state index contributed by atoms with van der Waals surface area (Å²) in [5.41, 5.74) is 0. The molecule has 0 radical (unpaired) electrons. The molecule has 0 aromatic heterocycles. The van der Waals surface area contributed by atoms with Gasteiger partial charge in [0, 0.05) is 18.8 Å².